The van der Waals surface area contributed by atoms with E-state index < -0.39 is 0 Å². The summed E-state index contributed by atoms with van der Waals surface area (Å²) in [4.78, 5) is 26.8. The van der Waals surface area contributed by atoms with E-state index in [9.17, 15) is 14.0 Å². The molecular weight excluding hydrogens is 259 g/mol. The van der Waals surface area contributed by atoms with Crippen LogP contribution in [0.25, 0.3) is 0 Å². The number of hydrogen-bond acceptors (Lipinski definition) is 3. The van der Waals surface area contributed by atoms with Gasteiger partial charge in [-0.3, -0.25) is 14.5 Å². The van der Waals surface area contributed by atoms with Crippen LogP contribution in [0, 0.1) is 11.7 Å². The van der Waals surface area contributed by atoms with Crippen LogP contribution in [0.4, 0.5) is 4.39 Å². The molecule has 4 nitrogen and oxygen atoms in total. The van der Waals surface area contributed by atoms with E-state index in [4.69, 9.17) is 0 Å². The van der Waals surface area contributed by atoms with E-state index in [-0.39, 0.29) is 23.5 Å². The molecule has 2 amide bonds. The average molecular weight is 278 g/mol. The van der Waals surface area contributed by atoms with Crippen LogP contribution in [-0.4, -0.2) is 41.8 Å². The molecule has 0 N–H and O–H groups in total. The van der Waals surface area contributed by atoms with Gasteiger partial charge in [0.1, 0.15) is 5.82 Å². The van der Waals surface area contributed by atoms with E-state index in [0.29, 0.717) is 26.1 Å². The Morgan fingerprint density at radius 2 is 1.95 bits per heavy atom. The van der Waals surface area contributed by atoms with Gasteiger partial charge in [0.25, 0.3) is 0 Å². The van der Waals surface area contributed by atoms with E-state index >= 15 is 0 Å². The topological polar surface area (TPSA) is 40.6 Å². The first kappa shape index (κ1) is 14.7. The van der Waals surface area contributed by atoms with E-state index in [2.05, 4.69) is 0 Å². The number of benzene rings is 1. The number of hydrogen-bond donors (Lipinski definition) is 0. The first-order chi connectivity index (χ1) is 9.47. The maximum Gasteiger partial charge on any atom is 0.232 e. The summed E-state index contributed by atoms with van der Waals surface area (Å²) in [7, 11) is 1.91. The molecule has 1 heterocycles. The molecule has 0 unspecified atom stereocenters. The van der Waals surface area contributed by atoms with Crippen molar-refractivity contribution in [3.05, 3.63) is 35.6 Å². The normalized spacial score (nSPS) is 19.2. The second kappa shape index (κ2) is 6.13. The molecule has 5 heteroatoms. The Labute approximate surface area is 118 Å². The van der Waals surface area contributed by atoms with E-state index in [0.717, 1.165) is 5.56 Å². The number of nitrogens with zero attached hydrogens (tertiary/aromatic N) is 2. The van der Waals surface area contributed by atoms with Crippen LogP contribution in [0.15, 0.2) is 24.3 Å². The fraction of sp³-hybridized carbons (Fsp3) is 0.467. The number of likely N-dealkylation sites (tertiary alicyclic amines) is 1. The summed E-state index contributed by atoms with van der Waals surface area (Å²) in [5.41, 5.74) is 1.00. The molecule has 1 aromatic rings. The molecule has 0 spiro atoms. The molecular formula is C15H19FN2O2. The summed E-state index contributed by atoms with van der Waals surface area (Å²) in [6, 6.07) is 6.33. The molecule has 1 saturated heterocycles. The summed E-state index contributed by atoms with van der Waals surface area (Å²) in [5, 5.41) is 0. The van der Waals surface area contributed by atoms with Gasteiger partial charge in [0.05, 0.1) is 0 Å². The standard InChI is InChI=1S/C15H19FN2O2/c1-11-9-14(19)18(15(11)20)8-7-17(2)10-12-3-5-13(16)6-4-12/h3-6,11H,7-10H2,1-2H3/t11-/m0/s1. The molecule has 1 atom stereocenters. The van der Waals surface area contributed by atoms with Crippen LogP contribution in [0.3, 0.4) is 0 Å². The maximum absolute atomic E-state index is 12.8. The lowest BCUT2D eigenvalue weighted by Crippen LogP contribution is -2.37. The number of halogens is 1. The number of carbonyl (C=O) groups is 2. The van der Waals surface area contributed by atoms with Gasteiger partial charge in [0, 0.05) is 32.0 Å². The Hall–Kier alpha value is -1.75. The van der Waals surface area contributed by atoms with Crippen LogP contribution in [0.1, 0.15) is 18.9 Å². The lowest BCUT2D eigenvalue weighted by molar-refractivity contribution is -0.139. The van der Waals surface area contributed by atoms with Crippen LogP contribution >= 0.6 is 0 Å². The molecule has 0 bridgehead atoms. The molecule has 20 heavy (non-hydrogen) atoms. The Morgan fingerprint density at radius 3 is 2.50 bits per heavy atom. The largest absolute Gasteiger partial charge is 0.300 e. The first-order valence-corrected chi connectivity index (χ1v) is 6.74. The van der Waals surface area contributed by atoms with Crippen molar-refractivity contribution >= 4 is 11.8 Å². The highest BCUT2D eigenvalue weighted by atomic mass is 19.1. The third kappa shape index (κ3) is 3.42. The Balaban J connectivity index is 1.83. The Bertz CT molecular complexity index is 501. The van der Waals surface area contributed by atoms with Gasteiger partial charge in [-0.15, -0.1) is 0 Å². The summed E-state index contributed by atoms with van der Waals surface area (Å²) < 4.78 is 12.8. The van der Waals surface area contributed by atoms with Crippen molar-refractivity contribution in [2.45, 2.75) is 19.9 Å². The summed E-state index contributed by atoms with van der Waals surface area (Å²) >= 11 is 0. The smallest absolute Gasteiger partial charge is 0.232 e. The monoisotopic (exact) mass is 278 g/mol. The third-order valence-electron chi connectivity index (χ3n) is 3.54. The van der Waals surface area contributed by atoms with Crippen molar-refractivity contribution in [2.75, 3.05) is 20.1 Å². The molecule has 1 aliphatic heterocycles. The highest BCUT2D eigenvalue weighted by Crippen LogP contribution is 2.18. The molecule has 2 rings (SSSR count). The van der Waals surface area contributed by atoms with Gasteiger partial charge in [-0.05, 0) is 24.7 Å². The van der Waals surface area contributed by atoms with Gasteiger partial charge < -0.3 is 4.90 Å². The minimum Gasteiger partial charge on any atom is -0.300 e. The van der Waals surface area contributed by atoms with Gasteiger partial charge in [-0.1, -0.05) is 19.1 Å². The van der Waals surface area contributed by atoms with Crippen molar-refractivity contribution in [2.24, 2.45) is 5.92 Å². The zero-order valence-corrected chi connectivity index (χ0v) is 11.8. The van der Waals surface area contributed by atoms with Gasteiger partial charge in [0.2, 0.25) is 11.8 Å². The van der Waals surface area contributed by atoms with Crippen LogP contribution in [0.5, 0.6) is 0 Å². The molecule has 0 saturated carbocycles. The predicted molar refractivity (Wildman–Crippen MR) is 73.2 cm³/mol. The molecule has 1 aliphatic rings. The fourth-order valence-corrected chi connectivity index (χ4v) is 2.33. The van der Waals surface area contributed by atoms with Gasteiger partial charge >= 0.3 is 0 Å². The van der Waals surface area contributed by atoms with Crippen molar-refractivity contribution in [1.29, 1.82) is 0 Å². The zero-order valence-electron chi connectivity index (χ0n) is 11.8. The second-order valence-electron chi connectivity index (χ2n) is 5.35. The highest BCUT2D eigenvalue weighted by Gasteiger charge is 2.35. The fourth-order valence-electron chi connectivity index (χ4n) is 2.33. The first-order valence-electron chi connectivity index (χ1n) is 6.74. The lowest BCUT2D eigenvalue weighted by Gasteiger charge is -2.21. The van der Waals surface area contributed by atoms with Crippen LogP contribution in [-0.2, 0) is 16.1 Å². The summed E-state index contributed by atoms with van der Waals surface area (Å²) in [6.07, 6.45) is 0.320. The molecule has 1 fully saturated rings. The summed E-state index contributed by atoms with van der Waals surface area (Å²) in [6.45, 7) is 3.47. The van der Waals surface area contributed by atoms with E-state index in [1.807, 2.05) is 11.9 Å². The second-order valence-corrected chi connectivity index (χ2v) is 5.35. The Morgan fingerprint density at radius 1 is 1.30 bits per heavy atom. The maximum atomic E-state index is 12.8. The van der Waals surface area contributed by atoms with Crippen LogP contribution in [0.2, 0.25) is 0 Å². The molecule has 0 aromatic heterocycles. The number of likely N-dealkylation sites (N-methyl/N-ethyl adjacent to an activating group) is 1. The number of carbonyl (C=O) groups excluding carboxylic acids is 2. The van der Waals surface area contributed by atoms with Crippen molar-refractivity contribution in [3.63, 3.8) is 0 Å². The van der Waals surface area contributed by atoms with Crippen molar-refractivity contribution < 1.29 is 14.0 Å². The minimum atomic E-state index is -0.251. The highest BCUT2D eigenvalue weighted by molar-refractivity contribution is 6.03. The predicted octanol–water partition coefficient (Wildman–Crippen LogP) is 1.65. The van der Waals surface area contributed by atoms with E-state index in [1.54, 1.807) is 19.1 Å². The lowest BCUT2D eigenvalue weighted by atomic mass is 10.1. The number of imide groups is 1. The van der Waals surface area contributed by atoms with Crippen molar-refractivity contribution in [3.8, 4) is 0 Å². The third-order valence-corrected chi connectivity index (χ3v) is 3.54. The van der Waals surface area contributed by atoms with Gasteiger partial charge in [-0.25, -0.2) is 4.39 Å². The summed E-state index contributed by atoms with van der Waals surface area (Å²) in [5.74, 6) is -0.605. The SMILES string of the molecule is C[C@H]1CC(=O)N(CCN(C)Cc2ccc(F)cc2)C1=O. The minimum absolute atomic E-state index is 0.0785. The van der Waals surface area contributed by atoms with Crippen LogP contribution < -0.4 is 0 Å². The van der Waals surface area contributed by atoms with Gasteiger partial charge in [-0.2, -0.15) is 0 Å². The van der Waals surface area contributed by atoms with Crippen molar-refractivity contribution in [1.82, 2.24) is 9.80 Å². The average Bonchev–Trinajstić information content (AvgIpc) is 2.64. The molecule has 0 aliphatic carbocycles. The van der Waals surface area contributed by atoms with Gasteiger partial charge in [0.15, 0.2) is 0 Å². The Kier molecular flexibility index (Phi) is 4.49. The molecule has 1 aromatic carbocycles. The van der Waals surface area contributed by atoms with E-state index in [1.165, 1.54) is 17.0 Å². The zero-order chi connectivity index (χ0) is 14.7. The quantitative estimate of drug-likeness (QED) is 0.769. The molecule has 108 valence electrons. The number of amides is 2. The molecule has 0 radical (unpaired) electrons. The number of rotatable bonds is 5.